The summed E-state index contributed by atoms with van der Waals surface area (Å²) < 4.78 is 0. The van der Waals surface area contributed by atoms with Gasteiger partial charge in [-0.25, -0.2) is 0 Å². The summed E-state index contributed by atoms with van der Waals surface area (Å²) in [4.78, 5) is 4.34. The fraction of sp³-hybridized carbons (Fsp3) is 0.706. The van der Waals surface area contributed by atoms with Crippen molar-refractivity contribution in [2.75, 3.05) is 6.54 Å². The molecule has 2 rings (SSSR count). The highest BCUT2D eigenvalue weighted by Gasteiger charge is 2.31. The highest BCUT2D eigenvalue weighted by atomic mass is 14.9. The Morgan fingerprint density at radius 1 is 1.26 bits per heavy atom. The van der Waals surface area contributed by atoms with E-state index in [4.69, 9.17) is 0 Å². The summed E-state index contributed by atoms with van der Waals surface area (Å²) in [6, 6.07) is 2.61. The summed E-state index contributed by atoms with van der Waals surface area (Å²) in [5.41, 5.74) is 2.77. The van der Waals surface area contributed by atoms with Crippen molar-refractivity contribution in [3.63, 3.8) is 0 Å². The lowest BCUT2D eigenvalue weighted by Crippen LogP contribution is -2.33. The molecular weight excluding hydrogens is 232 g/mol. The molecule has 1 N–H and O–H groups in total. The zero-order valence-corrected chi connectivity index (χ0v) is 12.8. The Kier molecular flexibility index (Phi) is 4.98. The number of rotatable bonds is 4. The fourth-order valence-corrected chi connectivity index (χ4v) is 3.83. The fourth-order valence-electron chi connectivity index (χ4n) is 3.83. The van der Waals surface area contributed by atoms with E-state index < -0.39 is 0 Å². The van der Waals surface area contributed by atoms with Gasteiger partial charge < -0.3 is 5.32 Å². The second-order valence-corrected chi connectivity index (χ2v) is 6.45. The van der Waals surface area contributed by atoms with Crippen LogP contribution in [-0.2, 0) is 0 Å². The maximum atomic E-state index is 4.34. The Balaban J connectivity index is 2.22. The molecule has 1 aliphatic rings. The summed E-state index contributed by atoms with van der Waals surface area (Å²) in [5.74, 6) is 2.46. The molecule has 3 atom stereocenters. The van der Waals surface area contributed by atoms with Crippen molar-refractivity contribution in [2.45, 2.75) is 53.0 Å². The van der Waals surface area contributed by atoms with Crippen molar-refractivity contribution in [2.24, 2.45) is 17.8 Å². The highest BCUT2D eigenvalue weighted by molar-refractivity contribution is 5.26. The number of aryl methyl sites for hydroxylation is 1. The third-order valence-corrected chi connectivity index (χ3v) is 4.53. The lowest BCUT2D eigenvalue weighted by molar-refractivity contribution is 0.177. The van der Waals surface area contributed by atoms with Gasteiger partial charge in [-0.05, 0) is 67.7 Å². The third kappa shape index (κ3) is 3.56. The maximum absolute atomic E-state index is 4.34. The summed E-state index contributed by atoms with van der Waals surface area (Å²) >= 11 is 0. The van der Waals surface area contributed by atoms with Crippen LogP contribution in [0.5, 0.6) is 0 Å². The maximum Gasteiger partial charge on any atom is 0.0366 e. The predicted octanol–water partition coefficient (Wildman–Crippen LogP) is 4.11. The van der Waals surface area contributed by atoms with E-state index in [0.717, 1.165) is 24.3 Å². The first-order valence-corrected chi connectivity index (χ1v) is 7.75. The molecule has 19 heavy (non-hydrogen) atoms. The van der Waals surface area contributed by atoms with Gasteiger partial charge in [0.05, 0.1) is 0 Å². The molecule has 106 valence electrons. The van der Waals surface area contributed by atoms with E-state index in [9.17, 15) is 0 Å². The first-order chi connectivity index (χ1) is 9.11. The van der Waals surface area contributed by atoms with Crippen LogP contribution in [0, 0.1) is 24.7 Å². The van der Waals surface area contributed by atoms with E-state index in [1.165, 1.54) is 30.4 Å². The van der Waals surface area contributed by atoms with Crippen LogP contribution in [0.1, 0.15) is 57.2 Å². The van der Waals surface area contributed by atoms with Gasteiger partial charge in [0, 0.05) is 18.4 Å². The molecule has 0 amide bonds. The quantitative estimate of drug-likeness (QED) is 0.881. The predicted molar refractivity (Wildman–Crippen MR) is 81.1 cm³/mol. The van der Waals surface area contributed by atoms with Crippen LogP contribution in [0.3, 0.4) is 0 Å². The molecule has 0 saturated heterocycles. The van der Waals surface area contributed by atoms with Crippen molar-refractivity contribution in [3.8, 4) is 0 Å². The van der Waals surface area contributed by atoms with Gasteiger partial charge in [-0.3, -0.25) is 4.98 Å². The van der Waals surface area contributed by atoms with Gasteiger partial charge in [-0.1, -0.05) is 20.8 Å². The number of hydrogen-bond acceptors (Lipinski definition) is 2. The first kappa shape index (κ1) is 14.5. The lowest BCUT2D eigenvalue weighted by Gasteiger charge is -2.37. The number of nitrogens with one attached hydrogen (secondary N) is 1. The SMILES string of the molecule is CCNC(c1cnccc1C)C1CC(C)CC(C)C1. The standard InChI is InChI=1S/C17H28N2/c1-5-19-17(16-11-18-7-6-14(16)4)15-9-12(2)8-13(3)10-15/h6-7,11-13,15,17,19H,5,8-10H2,1-4H3. The Morgan fingerprint density at radius 3 is 2.53 bits per heavy atom. The molecule has 2 nitrogen and oxygen atoms in total. The molecule has 0 spiro atoms. The first-order valence-electron chi connectivity index (χ1n) is 7.75. The van der Waals surface area contributed by atoms with E-state index in [1.807, 2.05) is 6.20 Å². The van der Waals surface area contributed by atoms with Crippen LogP contribution in [0.2, 0.25) is 0 Å². The van der Waals surface area contributed by atoms with Gasteiger partial charge in [0.1, 0.15) is 0 Å². The monoisotopic (exact) mass is 260 g/mol. The molecule has 1 aromatic heterocycles. The zero-order valence-electron chi connectivity index (χ0n) is 12.8. The smallest absolute Gasteiger partial charge is 0.0366 e. The zero-order chi connectivity index (χ0) is 13.8. The second kappa shape index (κ2) is 6.51. The minimum atomic E-state index is 0.476. The van der Waals surface area contributed by atoms with Crippen molar-refractivity contribution < 1.29 is 0 Å². The highest BCUT2D eigenvalue weighted by Crippen LogP contribution is 2.40. The molecule has 0 bridgehead atoms. The van der Waals surface area contributed by atoms with Crippen LogP contribution in [-0.4, -0.2) is 11.5 Å². The van der Waals surface area contributed by atoms with Crippen LogP contribution >= 0.6 is 0 Å². The summed E-state index contributed by atoms with van der Waals surface area (Å²) in [6.45, 7) is 10.2. The third-order valence-electron chi connectivity index (χ3n) is 4.53. The Morgan fingerprint density at radius 2 is 1.95 bits per heavy atom. The topological polar surface area (TPSA) is 24.9 Å². The molecule has 0 aliphatic heterocycles. The van der Waals surface area contributed by atoms with E-state index in [-0.39, 0.29) is 0 Å². The molecule has 1 fully saturated rings. The van der Waals surface area contributed by atoms with Crippen LogP contribution in [0.25, 0.3) is 0 Å². The molecule has 0 radical (unpaired) electrons. The van der Waals surface area contributed by atoms with Crippen molar-refractivity contribution in [1.29, 1.82) is 0 Å². The van der Waals surface area contributed by atoms with E-state index in [2.05, 4.69) is 50.3 Å². The molecule has 3 unspecified atom stereocenters. The molecule has 1 aliphatic carbocycles. The van der Waals surface area contributed by atoms with Gasteiger partial charge in [-0.15, -0.1) is 0 Å². The van der Waals surface area contributed by atoms with Gasteiger partial charge in [-0.2, -0.15) is 0 Å². The van der Waals surface area contributed by atoms with Gasteiger partial charge >= 0.3 is 0 Å². The minimum Gasteiger partial charge on any atom is -0.310 e. The van der Waals surface area contributed by atoms with Crippen LogP contribution < -0.4 is 5.32 Å². The molecular formula is C17H28N2. The van der Waals surface area contributed by atoms with E-state index in [1.54, 1.807) is 0 Å². The van der Waals surface area contributed by atoms with Crippen LogP contribution in [0.4, 0.5) is 0 Å². The molecule has 0 aromatic carbocycles. The lowest BCUT2D eigenvalue weighted by atomic mass is 9.72. The van der Waals surface area contributed by atoms with Crippen molar-refractivity contribution in [1.82, 2.24) is 10.3 Å². The largest absolute Gasteiger partial charge is 0.310 e. The van der Waals surface area contributed by atoms with Crippen molar-refractivity contribution in [3.05, 3.63) is 29.6 Å². The molecule has 1 heterocycles. The number of hydrogen-bond donors (Lipinski definition) is 1. The normalized spacial score (nSPS) is 29.2. The Bertz CT molecular complexity index is 392. The molecule has 1 saturated carbocycles. The summed E-state index contributed by atoms with van der Waals surface area (Å²) in [6.07, 6.45) is 8.04. The summed E-state index contributed by atoms with van der Waals surface area (Å²) in [7, 11) is 0. The van der Waals surface area contributed by atoms with Crippen molar-refractivity contribution >= 4 is 0 Å². The van der Waals surface area contributed by atoms with Crippen LogP contribution in [0.15, 0.2) is 18.5 Å². The number of pyridine rings is 1. The average molecular weight is 260 g/mol. The molecule has 2 heteroatoms. The van der Waals surface area contributed by atoms with Gasteiger partial charge in [0.15, 0.2) is 0 Å². The van der Waals surface area contributed by atoms with E-state index in [0.29, 0.717) is 6.04 Å². The Hall–Kier alpha value is -0.890. The summed E-state index contributed by atoms with van der Waals surface area (Å²) in [5, 5.41) is 3.71. The second-order valence-electron chi connectivity index (χ2n) is 6.45. The van der Waals surface area contributed by atoms with E-state index >= 15 is 0 Å². The average Bonchev–Trinajstić information content (AvgIpc) is 2.36. The Labute approximate surface area is 118 Å². The number of nitrogens with zero attached hydrogens (tertiary/aromatic N) is 1. The van der Waals surface area contributed by atoms with Gasteiger partial charge in [0.2, 0.25) is 0 Å². The van der Waals surface area contributed by atoms with Gasteiger partial charge in [0.25, 0.3) is 0 Å². The number of aromatic nitrogens is 1. The minimum absolute atomic E-state index is 0.476. The molecule has 1 aromatic rings.